The van der Waals surface area contributed by atoms with Crippen LogP contribution >= 0.6 is 23.1 Å². The highest BCUT2D eigenvalue weighted by molar-refractivity contribution is 7.99. The van der Waals surface area contributed by atoms with Crippen LogP contribution in [0.15, 0.2) is 46.6 Å². The first-order valence-corrected chi connectivity index (χ1v) is 13.1. The highest BCUT2D eigenvalue weighted by Gasteiger charge is 2.29. The summed E-state index contributed by atoms with van der Waals surface area (Å²) in [6.07, 6.45) is 4.96. The number of benzene rings is 1. The molecule has 1 aromatic carbocycles. The Hall–Kier alpha value is -2.69. The molecule has 10 heteroatoms. The van der Waals surface area contributed by atoms with E-state index in [9.17, 15) is 4.79 Å². The van der Waals surface area contributed by atoms with Crippen LogP contribution in [-0.2, 0) is 4.79 Å². The highest BCUT2D eigenvalue weighted by atomic mass is 32.2. The SMILES string of the molecule is Cc1cnc(Nc2cc(N3CC[C@@H](N(C)C)C3)nc(Sc3ccc(NC(=O)C4CC4)cc3)n2)s1. The molecular formula is C24H29N7OS2. The molecule has 5 rings (SSSR count). The van der Waals surface area contributed by atoms with Crippen molar-refractivity contribution in [1.29, 1.82) is 0 Å². The average Bonchev–Trinajstić information content (AvgIpc) is 3.40. The van der Waals surface area contributed by atoms with E-state index in [2.05, 4.69) is 39.5 Å². The van der Waals surface area contributed by atoms with Gasteiger partial charge >= 0.3 is 0 Å². The lowest BCUT2D eigenvalue weighted by Crippen LogP contribution is -2.31. The standard InChI is InChI=1S/C24H29N7OS2/c1-15-13-25-23(33-15)27-20-12-21(31-11-10-18(14-31)30(2)3)29-24(28-20)34-19-8-6-17(7-9-19)26-22(32)16-4-5-16/h6-9,12-13,16,18H,4-5,10-11,14H2,1-3H3,(H,26,32)(H,25,27,28,29)/t18-/m1/s1. The van der Waals surface area contributed by atoms with Crippen molar-refractivity contribution in [2.45, 2.75) is 42.3 Å². The minimum Gasteiger partial charge on any atom is -0.355 e. The number of anilines is 4. The molecule has 3 heterocycles. The quantitative estimate of drug-likeness (QED) is 0.438. The van der Waals surface area contributed by atoms with E-state index in [0.29, 0.717) is 11.2 Å². The Morgan fingerprint density at radius 2 is 1.97 bits per heavy atom. The molecule has 2 fully saturated rings. The van der Waals surface area contributed by atoms with Crippen LogP contribution in [0.2, 0.25) is 0 Å². The van der Waals surface area contributed by atoms with Crippen LogP contribution in [0.5, 0.6) is 0 Å². The van der Waals surface area contributed by atoms with Crippen LogP contribution in [0.4, 0.5) is 22.5 Å². The molecule has 0 bridgehead atoms. The maximum Gasteiger partial charge on any atom is 0.227 e. The van der Waals surface area contributed by atoms with Crippen LogP contribution in [0, 0.1) is 12.8 Å². The number of hydrogen-bond donors (Lipinski definition) is 2. The lowest BCUT2D eigenvalue weighted by Gasteiger charge is -2.21. The van der Waals surface area contributed by atoms with Gasteiger partial charge < -0.3 is 20.4 Å². The fourth-order valence-corrected chi connectivity index (χ4v) is 5.32. The molecule has 0 radical (unpaired) electrons. The van der Waals surface area contributed by atoms with Crippen molar-refractivity contribution in [2.75, 3.05) is 42.7 Å². The van der Waals surface area contributed by atoms with E-state index in [0.717, 1.165) is 64.6 Å². The number of carbonyl (C=O) groups excluding carboxylic acids is 1. The highest BCUT2D eigenvalue weighted by Crippen LogP contribution is 2.33. The Labute approximate surface area is 208 Å². The second-order valence-corrected chi connectivity index (χ2v) is 11.3. The number of hydrogen-bond acceptors (Lipinski definition) is 9. The normalized spacial score (nSPS) is 17.9. The molecule has 8 nitrogen and oxygen atoms in total. The molecule has 1 aliphatic carbocycles. The minimum atomic E-state index is 0.117. The lowest BCUT2D eigenvalue weighted by atomic mass is 10.2. The Morgan fingerprint density at radius 1 is 1.18 bits per heavy atom. The maximum absolute atomic E-state index is 12.0. The van der Waals surface area contributed by atoms with Crippen LogP contribution in [0.3, 0.4) is 0 Å². The molecule has 1 amide bonds. The summed E-state index contributed by atoms with van der Waals surface area (Å²) in [5.41, 5.74) is 0.823. The number of amides is 1. The molecule has 2 aliphatic rings. The van der Waals surface area contributed by atoms with Crippen LogP contribution in [0.25, 0.3) is 0 Å². The third kappa shape index (κ3) is 5.68. The molecule has 0 spiro atoms. The van der Waals surface area contributed by atoms with Gasteiger partial charge in [0.05, 0.1) is 0 Å². The van der Waals surface area contributed by atoms with Crippen molar-refractivity contribution in [1.82, 2.24) is 19.9 Å². The molecule has 3 aromatic rings. The zero-order valence-corrected chi connectivity index (χ0v) is 21.2. The van der Waals surface area contributed by atoms with Gasteiger partial charge in [-0.15, -0.1) is 11.3 Å². The average molecular weight is 496 g/mol. The number of aryl methyl sites for hydroxylation is 1. The summed E-state index contributed by atoms with van der Waals surface area (Å²) in [6, 6.07) is 10.4. The van der Waals surface area contributed by atoms with Gasteiger partial charge in [0.25, 0.3) is 0 Å². The van der Waals surface area contributed by atoms with Gasteiger partial charge in [-0.25, -0.2) is 15.0 Å². The first-order chi connectivity index (χ1) is 16.4. The number of carbonyl (C=O) groups is 1. The zero-order valence-electron chi connectivity index (χ0n) is 19.6. The molecule has 1 atom stereocenters. The molecular weight excluding hydrogens is 466 g/mol. The number of thiazole rings is 1. The first kappa shape index (κ1) is 23.1. The van der Waals surface area contributed by atoms with Crippen molar-refractivity contribution in [3.8, 4) is 0 Å². The van der Waals surface area contributed by atoms with Crippen molar-refractivity contribution in [3.05, 3.63) is 41.4 Å². The molecule has 2 N–H and O–H groups in total. The number of aromatic nitrogens is 3. The lowest BCUT2D eigenvalue weighted by molar-refractivity contribution is -0.117. The van der Waals surface area contributed by atoms with E-state index in [1.165, 1.54) is 11.8 Å². The van der Waals surface area contributed by atoms with Crippen molar-refractivity contribution < 1.29 is 4.79 Å². The van der Waals surface area contributed by atoms with Crippen molar-refractivity contribution in [3.63, 3.8) is 0 Å². The number of rotatable bonds is 8. The van der Waals surface area contributed by atoms with E-state index in [1.54, 1.807) is 11.3 Å². The van der Waals surface area contributed by atoms with Gasteiger partial charge in [-0.1, -0.05) is 0 Å². The van der Waals surface area contributed by atoms with Gasteiger partial charge in [0.2, 0.25) is 5.91 Å². The van der Waals surface area contributed by atoms with Gasteiger partial charge in [0.1, 0.15) is 11.6 Å². The van der Waals surface area contributed by atoms with Gasteiger partial charge in [-0.2, -0.15) is 0 Å². The topological polar surface area (TPSA) is 86.3 Å². The van der Waals surface area contributed by atoms with Crippen molar-refractivity contribution in [2.24, 2.45) is 5.92 Å². The van der Waals surface area contributed by atoms with Crippen LogP contribution in [0.1, 0.15) is 24.1 Å². The van der Waals surface area contributed by atoms with E-state index < -0.39 is 0 Å². The Bertz CT molecular complexity index is 1160. The maximum atomic E-state index is 12.0. The Kier molecular flexibility index (Phi) is 6.71. The number of nitrogens with zero attached hydrogens (tertiary/aromatic N) is 5. The summed E-state index contributed by atoms with van der Waals surface area (Å²) in [6.45, 7) is 3.95. The molecule has 178 valence electrons. The first-order valence-electron chi connectivity index (χ1n) is 11.5. The number of nitrogens with one attached hydrogen (secondary N) is 2. The predicted octanol–water partition coefficient (Wildman–Crippen LogP) is 4.63. The molecule has 1 saturated carbocycles. The second kappa shape index (κ2) is 9.89. The summed E-state index contributed by atoms with van der Waals surface area (Å²) in [7, 11) is 4.26. The van der Waals surface area contributed by atoms with E-state index in [4.69, 9.17) is 9.97 Å². The summed E-state index contributed by atoms with van der Waals surface area (Å²) in [5, 5.41) is 7.84. The number of likely N-dealkylation sites (N-methyl/N-ethyl adjacent to an activating group) is 1. The molecule has 0 unspecified atom stereocenters. The van der Waals surface area contributed by atoms with Crippen LogP contribution in [-0.4, -0.2) is 59.0 Å². The Balaban J connectivity index is 1.35. The second-order valence-electron chi connectivity index (χ2n) is 9.04. The molecule has 1 aliphatic heterocycles. The summed E-state index contributed by atoms with van der Waals surface area (Å²) >= 11 is 3.12. The third-order valence-electron chi connectivity index (χ3n) is 6.05. The fourth-order valence-electron chi connectivity index (χ4n) is 3.88. The molecule has 1 saturated heterocycles. The van der Waals surface area contributed by atoms with Gasteiger partial charge in [-0.3, -0.25) is 4.79 Å². The van der Waals surface area contributed by atoms with Crippen LogP contribution < -0.4 is 15.5 Å². The minimum absolute atomic E-state index is 0.117. The third-order valence-corrected chi connectivity index (χ3v) is 7.75. The zero-order chi connectivity index (χ0) is 23.7. The summed E-state index contributed by atoms with van der Waals surface area (Å²) in [5.74, 6) is 1.97. The van der Waals surface area contributed by atoms with E-state index >= 15 is 0 Å². The van der Waals surface area contributed by atoms with Gasteiger partial charge in [-0.05, 0) is 76.3 Å². The van der Waals surface area contributed by atoms with E-state index in [1.807, 2.05) is 43.5 Å². The smallest absolute Gasteiger partial charge is 0.227 e. The van der Waals surface area contributed by atoms with Gasteiger partial charge in [0, 0.05) is 52.8 Å². The van der Waals surface area contributed by atoms with Gasteiger partial charge in [0.15, 0.2) is 10.3 Å². The Morgan fingerprint density at radius 3 is 2.62 bits per heavy atom. The predicted molar refractivity (Wildman–Crippen MR) is 138 cm³/mol. The molecule has 2 aromatic heterocycles. The largest absolute Gasteiger partial charge is 0.355 e. The summed E-state index contributed by atoms with van der Waals surface area (Å²) < 4.78 is 0. The van der Waals surface area contributed by atoms with E-state index in [-0.39, 0.29) is 11.8 Å². The summed E-state index contributed by atoms with van der Waals surface area (Å²) in [4.78, 5) is 32.8. The fraction of sp³-hybridized carbons (Fsp3) is 0.417. The van der Waals surface area contributed by atoms with Crippen molar-refractivity contribution >= 4 is 51.5 Å². The monoisotopic (exact) mass is 495 g/mol. The molecule has 34 heavy (non-hydrogen) atoms.